The van der Waals surface area contributed by atoms with Gasteiger partial charge in [-0.2, -0.15) is 0 Å². The smallest absolute Gasteiger partial charge is 0.271 e. The van der Waals surface area contributed by atoms with Gasteiger partial charge >= 0.3 is 0 Å². The summed E-state index contributed by atoms with van der Waals surface area (Å²) in [5.74, 6) is -0.743. The normalized spacial score (nSPS) is 10.3. The number of carbonyl (C=O) groups is 1. The third kappa shape index (κ3) is 3.31. The number of aromatic hydroxyl groups is 1. The number of carbonyl (C=O) groups excluding carboxylic acids is 1. The molecule has 1 aromatic heterocycles. The van der Waals surface area contributed by atoms with Crippen LogP contribution in [-0.4, -0.2) is 25.5 Å². The van der Waals surface area contributed by atoms with E-state index in [-0.39, 0.29) is 17.1 Å². The predicted octanol–water partition coefficient (Wildman–Crippen LogP) is 2.36. The monoisotopic (exact) mass is 308 g/mol. The summed E-state index contributed by atoms with van der Waals surface area (Å²) in [5, 5.41) is 26.7. The second-order valence-electron chi connectivity index (χ2n) is 4.21. The maximum atomic E-state index is 12.1. The lowest BCUT2D eigenvalue weighted by Crippen LogP contribution is -2.12. The summed E-state index contributed by atoms with van der Waals surface area (Å²) in [4.78, 5) is 22.6. The number of nitrogens with zero attached hydrogens (tertiary/aromatic N) is 3. The van der Waals surface area contributed by atoms with Gasteiger partial charge in [-0.25, -0.2) is 0 Å². The van der Waals surface area contributed by atoms with Crippen molar-refractivity contribution in [3.05, 3.63) is 38.9 Å². The second-order valence-corrected chi connectivity index (χ2v) is 4.97. The molecular weight excluding hydrogens is 296 g/mol. The highest BCUT2D eigenvalue weighted by molar-refractivity contribution is 7.08. The Morgan fingerprint density at radius 1 is 1.52 bits per heavy atom. The number of amides is 1. The summed E-state index contributed by atoms with van der Waals surface area (Å²) in [5.41, 5.74) is 0.328. The Morgan fingerprint density at radius 3 is 2.95 bits per heavy atom. The first-order chi connectivity index (χ1) is 10.0. The molecule has 0 saturated carbocycles. The molecule has 9 heteroatoms. The highest BCUT2D eigenvalue weighted by Crippen LogP contribution is 2.28. The summed E-state index contributed by atoms with van der Waals surface area (Å²) in [6, 6.07) is 3.41. The van der Waals surface area contributed by atoms with Crippen LogP contribution in [0.15, 0.2) is 18.2 Å². The molecule has 21 heavy (non-hydrogen) atoms. The number of phenolic OH excluding ortho intramolecular Hbond substituents is 1. The van der Waals surface area contributed by atoms with Crippen molar-refractivity contribution in [1.29, 1.82) is 0 Å². The third-order valence-electron chi connectivity index (χ3n) is 2.69. The van der Waals surface area contributed by atoms with E-state index < -0.39 is 10.8 Å². The van der Waals surface area contributed by atoms with E-state index in [1.807, 2.05) is 6.92 Å². The van der Waals surface area contributed by atoms with Gasteiger partial charge in [-0.3, -0.25) is 14.9 Å². The van der Waals surface area contributed by atoms with E-state index in [1.165, 1.54) is 0 Å². The number of rotatable bonds is 5. The van der Waals surface area contributed by atoms with Gasteiger partial charge in [0.15, 0.2) is 0 Å². The molecule has 0 atom stereocenters. The molecule has 2 rings (SSSR count). The van der Waals surface area contributed by atoms with Gasteiger partial charge in [-0.05, 0) is 24.0 Å². The van der Waals surface area contributed by atoms with Gasteiger partial charge in [0.2, 0.25) is 0 Å². The topological polar surface area (TPSA) is 118 Å². The summed E-state index contributed by atoms with van der Waals surface area (Å²) in [6.45, 7) is 1.95. The van der Waals surface area contributed by atoms with Gasteiger partial charge in [0, 0.05) is 12.1 Å². The molecule has 1 aromatic carbocycles. The average Bonchev–Trinajstić information content (AvgIpc) is 2.89. The van der Waals surface area contributed by atoms with Crippen molar-refractivity contribution >= 4 is 28.8 Å². The van der Waals surface area contributed by atoms with Gasteiger partial charge in [0.25, 0.3) is 11.6 Å². The van der Waals surface area contributed by atoms with E-state index in [9.17, 15) is 20.0 Å². The maximum Gasteiger partial charge on any atom is 0.271 e. The van der Waals surface area contributed by atoms with Crippen molar-refractivity contribution in [2.75, 3.05) is 5.32 Å². The van der Waals surface area contributed by atoms with Gasteiger partial charge in [-0.15, -0.1) is 5.10 Å². The molecule has 0 aliphatic rings. The number of phenols is 1. The van der Waals surface area contributed by atoms with E-state index in [2.05, 4.69) is 14.9 Å². The SMILES string of the molecule is CCCc1nnsc1C(=O)Nc1cc([N+](=O)[O-])ccc1O. The van der Waals surface area contributed by atoms with Crippen LogP contribution in [0.4, 0.5) is 11.4 Å². The first-order valence-electron chi connectivity index (χ1n) is 6.13. The molecule has 0 unspecified atom stereocenters. The number of hydrogen-bond donors (Lipinski definition) is 2. The number of aryl methyl sites for hydroxylation is 1. The van der Waals surface area contributed by atoms with Crippen LogP contribution in [0.2, 0.25) is 0 Å². The van der Waals surface area contributed by atoms with Crippen molar-refractivity contribution in [3.63, 3.8) is 0 Å². The van der Waals surface area contributed by atoms with E-state index in [0.717, 1.165) is 36.2 Å². The molecule has 2 N–H and O–H groups in total. The van der Waals surface area contributed by atoms with Crippen LogP contribution in [-0.2, 0) is 6.42 Å². The molecule has 0 fully saturated rings. The number of non-ortho nitro benzene ring substituents is 1. The maximum absolute atomic E-state index is 12.1. The number of nitrogens with one attached hydrogen (secondary N) is 1. The lowest BCUT2D eigenvalue weighted by Gasteiger charge is -2.06. The zero-order valence-corrected chi connectivity index (χ0v) is 11.9. The van der Waals surface area contributed by atoms with Crippen molar-refractivity contribution < 1.29 is 14.8 Å². The highest BCUT2D eigenvalue weighted by Gasteiger charge is 2.18. The van der Waals surface area contributed by atoms with Crippen LogP contribution >= 0.6 is 11.5 Å². The second kappa shape index (κ2) is 6.27. The summed E-state index contributed by atoms with van der Waals surface area (Å²) >= 11 is 0.945. The highest BCUT2D eigenvalue weighted by atomic mass is 32.1. The zero-order chi connectivity index (χ0) is 15.4. The standard InChI is InChI=1S/C12H12N4O4S/c1-2-3-8-11(21-15-14-8)12(18)13-9-6-7(16(19)20)4-5-10(9)17/h4-6,17H,2-3H2,1H3,(H,13,18). The number of anilines is 1. The number of benzene rings is 1. The number of hydrogen-bond acceptors (Lipinski definition) is 7. The summed E-state index contributed by atoms with van der Waals surface area (Å²) in [6.07, 6.45) is 1.42. The van der Waals surface area contributed by atoms with Gasteiger partial charge < -0.3 is 10.4 Å². The Balaban J connectivity index is 2.25. The van der Waals surface area contributed by atoms with Crippen LogP contribution in [0.3, 0.4) is 0 Å². The Bertz CT molecular complexity index is 686. The first-order valence-corrected chi connectivity index (χ1v) is 6.90. The van der Waals surface area contributed by atoms with Crippen molar-refractivity contribution in [2.45, 2.75) is 19.8 Å². The van der Waals surface area contributed by atoms with Crippen LogP contribution in [0.25, 0.3) is 0 Å². The van der Waals surface area contributed by atoms with Crippen molar-refractivity contribution in [3.8, 4) is 5.75 Å². The lowest BCUT2D eigenvalue weighted by molar-refractivity contribution is -0.384. The quantitative estimate of drug-likeness (QED) is 0.497. The minimum absolute atomic E-state index is 0.0231. The number of nitro benzene ring substituents is 1. The van der Waals surface area contributed by atoms with Gasteiger partial charge in [0.05, 0.1) is 16.3 Å². The molecule has 0 aliphatic carbocycles. The fraction of sp³-hybridized carbons (Fsp3) is 0.250. The Morgan fingerprint density at radius 2 is 2.29 bits per heavy atom. The van der Waals surface area contributed by atoms with E-state index in [0.29, 0.717) is 17.0 Å². The number of aromatic nitrogens is 2. The average molecular weight is 308 g/mol. The predicted molar refractivity (Wildman–Crippen MR) is 76.6 cm³/mol. The molecule has 1 heterocycles. The molecule has 2 aromatic rings. The Labute approximate surface area is 123 Å². The summed E-state index contributed by atoms with van der Waals surface area (Å²) in [7, 11) is 0. The fourth-order valence-corrected chi connectivity index (χ4v) is 2.30. The van der Waals surface area contributed by atoms with Crippen LogP contribution in [0.1, 0.15) is 28.7 Å². The van der Waals surface area contributed by atoms with Crippen LogP contribution in [0.5, 0.6) is 5.75 Å². The van der Waals surface area contributed by atoms with Crippen LogP contribution in [0, 0.1) is 10.1 Å². The molecule has 0 aliphatic heterocycles. The number of nitro groups is 1. The van der Waals surface area contributed by atoms with Gasteiger partial charge in [0.1, 0.15) is 10.6 Å². The first kappa shape index (κ1) is 14.9. The van der Waals surface area contributed by atoms with Crippen molar-refractivity contribution in [2.24, 2.45) is 0 Å². The minimum Gasteiger partial charge on any atom is -0.506 e. The van der Waals surface area contributed by atoms with Crippen molar-refractivity contribution in [1.82, 2.24) is 9.59 Å². The third-order valence-corrected chi connectivity index (χ3v) is 3.45. The van der Waals surface area contributed by atoms with E-state index in [4.69, 9.17) is 0 Å². The molecular formula is C12H12N4O4S. The molecule has 110 valence electrons. The molecule has 0 radical (unpaired) electrons. The summed E-state index contributed by atoms with van der Waals surface area (Å²) < 4.78 is 3.73. The largest absolute Gasteiger partial charge is 0.506 e. The Kier molecular flexibility index (Phi) is 4.43. The fourth-order valence-electron chi connectivity index (χ4n) is 1.70. The zero-order valence-electron chi connectivity index (χ0n) is 11.1. The van der Waals surface area contributed by atoms with Gasteiger partial charge in [-0.1, -0.05) is 17.8 Å². The van der Waals surface area contributed by atoms with Crippen LogP contribution < -0.4 is 5.32 Å². The minimum atomic E-state index is -0.605. The van der Waals surface area contributed by atoms with E-state index >= 15 is 0 Å². The van der Waals surface area contributed by atoms with E-state index in [1.54, 1.807) is 0 Å². The molecule has 0 bridgehead atoms. The molecule has 0 saturated heterocycles. The molecule has 8 nitrogen and oxygen atoms in total. The Hall–Kier alpha value is -2.55. The lowest BCUT2D eigenvalue weighted by atomic mass is 10.2. The molecule has 0 spiro atoms. The molecule has 1 amide bonds.